The number of nitrogens with one attached hydrogen (secondary N) is 1. The Kier molecular flexibility index (Phi) is 6.21. The second-order valence-corrected chi connectivity index (χ2v) is 6.44. The summed E-state index contributed by atoms with van der Waals surface area (Å²) in [6.45, 7) is 6.22. The number of carboxylic acid groups (broad SMARTS) is 1. The normalized spacial score (nSPS) is 11.0. The molecule has 0 aliphatic heterocycles. The van der Waals surface area contributed by atoms with Gasteiger partial charge in [0.05, 0.1) is 19.2 Å². The van der Waals surface area contributed by atoms with Crippen LogP contribution in [-0.2, 0) is 19.6 Å². The zero-order valence-electron chi connectivity index (χ0n) is 16.5. The Balaban J connectivity index is 1.85. The molecule has 0 unspecified atom stereocenters. The van der Waals surface area contributed by atoms with Crippen LogP contribution in [0.5, 0.6) is 11.5 Å². The van der Waals surface area contributed by atoms with Crippen LogP contribution < -0.4 is 14.8 Å². The van der Waals surface area contributed by atoms with Crippen molar-refractivity contribution in [2.75, 3.05) is 13.7 Å². The first-order valence-electron chi connectivity index (χ1n) is 9.43. The fraction of sp³-hybridized carbons (Fsp3) is 0.318. The van der Waals surface area contributed by atoms with Crippen LogP contribution in [-0.4, -0.2) is 29.4 Å². The summed E-state index contributed by atoms with van der Waals surface area (Å²) in [5.74, 6) is 0.639. The van der Waals surface area contributed by atoms with Crippen LogP contribution >= 0.6 is 0 Å². The fourth-order valence-corrected chi connectivity index (χ4v) is 3.48. The number of aryl methyl sites for hydroxylation is 1. The summed E-state index contributed by atoms with van der Waals surface area (Å²) < 4.78 is 12.6. The maximum Gasteiger partial charge on any atom is 0.352 e. The molecule has 0 saturated carbocycles. The Morgan fingerprint density at radius 1 is 1.07 bits per heavy atom. The van der Waals surface area contributed by atoms with Gasteiger partial charge in [-0.05, 0) is 43.7 Å². The van der Waals surface area contributed by atoms with Crippen LogP contribution in [0.4, 0.5) is 0 Å². The van der Waals surface area contributed by atoms with Gasteiger partial charge in [-0.1, -0.05) is 12.1 Å². The Hall–Kier alpha value is -2.99. The number of hydrogen-bond acceptors (Lipinski definition) is 4. The van der Waals surface area contributed by atoms with Gasteiger partial charge in [-0.25, -0.2) is 4.79 Å². The number of hydrogen-bond donors (Lipinski definition) is 2. The van der Waals surface area contributed by atoms with E-state index in [1.807, 2.05) is 60.9 Å². The third-order valence-corrected chi connectivity index (χ3v) is 4.76. The van der Waals surface area contributed by atoms with Crippen LogP contribution in [0.3, 0.4) is 0 Å². The largest absolute Gasteiger partial charge is 0.497 e. The van der Waals surface area contributed by atoms with Gasteiger partial charge < -0.3 is 24.5 Å². The molecule has 1 aromatic heterocycles. The topological polar surface area (TPSA) is 72.7 Å². The lowest BCUT2D eigenvalue weighted by atomic mass is 10.1. The maximum absolute atomic E-state index is 12.0. The number of fused-ring (bicyclic) bond motifs is 1. The monoisotopic (exact) mass is 382 g/mol. The number of nitrogens with zero attached hydrogens (tertiary/aromatic N) is 1. The van der Waals surface area contributed by atoms with Crippen LogP contribution in [0.1, 0.15) is 35.5 Å². The van der Waals surface area contributed by atoms with E-state index >= 15 is 0 Å². The molecule has 148 valence electrons. The van der Waals surface area contributed by atoms with Crippen LogP contribution in [0.2, 0.25) is 0 Å². The first-order valence-corrected chi connectivity index (χ1v) is 9.43. The first kappa shape index (κ1) is 19.8. The smallest absolute Gasteiger partial charge is 0.352 e. The molecule has 0 radical (unpaired) electrons. The lowest BCUT2D eigenvalue weighted by Crippen LogP contribution is -2.16. The number of carbonyl (C=O) groups is 1. The molecule has 0 spiro atoms. The predicted octanol–water partition coefficient (Wildman–Crippen LogP) is 4.06. The van der Waals surface area contributed by atoms with E-state index < -0.39 is 5.97 Å². The highest BCUT2D eigenvalue weighted by atomic mass is 16.5. The van der Waals surface area contributed by atoms with E-state index in [4.69, 9.17) is 9.47 Å². The van der Waals surface area contributed by atoms with Gasteiger partial charge in [0.1, 0.15) is 17.2 Å². The second kappa shape index (κ2) is 8.80. The van der Waals surface area contributed by atoms with Crippen molar-refractivity contribution in [1.29, 1.82) is 0 Å². The third-order valence-electron chi connectivity index (χ3n) is 4.76. The first-order chi connectivity index (χ1) is 13.6. The van der Waals surface area contributed by atoms with E-state index in [9.17, 15) is 9.90 Å². The molecule has 0 aliphatic rings. The van der Waals surface area contributed by atoms with Gasteiger partial charge >= 0.3 is 5.97 Å². The number of aromatic carboxylic acids is 1. The Labute approximate surface area is 164 Å². The average Bonchev–Trinajstić information content (AvgIpc) is 3.02. The molecule has 0 saturated heterocycles. The van der Waals surface area contributed by atoms with Gasteiger partial charge in [-0.15, -0.1) is 0 Å². The number of ether oxygens (including phenoxy) is 2. The minimum absolute atomic E-state index is 0.324. The number of carboxylic acids is 1. The summed E-state index contributed by atoms with van der Waals surface area (Å²) >= 11 is 0. The summed E-state index contributed by atoms with van der Waals surface area (Å²) in [6, 6.07) is 13.6. The molecule has 2 N–H and O–H groups in total. The second-order valence-electron chi connectivity index (χ2n) is 6.44. The number of rotatable bonds is 9. The zero-order valence-corrected chi connectivity index (χ0v) is 16.5. The summed E-state index contributed by atoms with van der Waals surface area (Å²) in [5.41, 5.74) is 3.10. The van der Waals surface area contributed by atoms with Gasteiger partial charge in [0, 0.05) is 36.7 Å². The van der Waals surface area contributed by atoms with E-state index in [1.54, 1.807) is 7.11 Å². The van der Waals surface area contributed by atoms with Gasteiger partial charge in [0.15, 0.2) is 0 Å². The molecule has 0 fully saturated rings. The van der Waals surface area contributed by atoms with Crippen molar-refractivity contribution in [3.63, 3.8) is 0 Å². The molecular weight excluding hydrogens is 356 g/mol. The van der Waals surface area contributed by atoms with Crippen LogP contribution in [0, 0.1) is 0 Å². The molecule has 28 heavy (non-hydrogen) atoms. The minimum Gasteiger partial charge on any atom is -0.497 e. The number of methoxy groups -OCH3 is 1. The molecule has 6 heteroatoms. The molecule has 0 amide bonds. The Morgan fingerprint density at radius 3 is 2.39 bits per heavy atom. The molecule has 1 heterocycles. The van der Waals surface area contributed by atoms with Crippen molar-refractivity contribution in [1.82, 2.24) is 9.88 Å². The summed E-state index contributed by atoms with van der Waals surface area (Å²) in [7, 11) is 1.61. The number of benzene rings is 2. The highest BCUT2D eigenvalue weighted by Gasteiger charge is 2.21. The van der Waals surface area contributed by atoms with E-state index in [0.717, 1.165) is 27.8 Å². The fourth-order valence-electron chi connectivity index (χ4n) is 3.48. The SMILES string of the molecule is CCOc1ccc(CNCc2c(C(=O)O)n(CC)c3cc(OC)ccc23)cc1. The molecule has 3 aromatic rings. The zero-order chi connectivity index (χ0) is 20.1. The lowest BCUT2D eigenvalue weighted by molar-refractivity contribution is 0.0684. The summed E-state index contributed by atoms with van der Waals surface area (Å²) in [4.78, 5) is 12.0. The lowest BCUT2D eigenvalue weighted by Gasteiger charge is -2.08. The van der Waals surface area contributed by atoms with Gasteiger partial charge in [0.25, 0.3) is 0 Å². The Bertz CT molecular complexity index is 961. The van der Waals surface area contributed by atoms with Gasteiger partial charge in [-0.2, -0.15) is 0 Å². The number of aromatic nitrogens is 1. The Morgan fingerprint density at radius 2 is 1.79 bits per heavy atom. The molecule has 6 nitrogen and oxygen atoms in total. The molecule has 0 bridgehead atoms. The molecule has 0 atom stereocenters. The average molecular weight is 382 g/mol. The molecular formula is C22H26N2O4. The van der Waals surface area contributed by atoms with Crippen LogP contribution in [0.15, 0.2) is 42.5 Å². The van der Waals surface area contributed by atoms with Crippen LogP contribution in [0.25, 0.3) is 10.9 Å². The van der Waals surface area contributed by atoms with Crippen molar-refractivity contribution in [3.05, 3.63) is 59.3 Å². The van der Waals surface area contributed by atoms with Gasteiger partial charge in [0.2, 0.25) is 0 Å². The minimum atomic E-state index is -0.921. The maximum atomic E-state index is 12.0. The molecule has 3 rings (SSSR count). The van der Waals surface area contributed by atoms with Crippen molar-refractivity contribution in [2.24, 2.45) is 0 Å². The van der Waals surface area contributed by atoms with E-state index in [2.05, 4.69) is 5.32 Å². The standard InChI is InChI=1S/C22H26N2O4/c1-4-24-20-12-17(27-3)10-11-18(20)19(21(24)22(25)26)14-23-13-15-6-8-16(9-7-15)28-5-2/h6-12,23H,4-5,13-14H2,1-3H3,(H,25,26). The van der Waals surface area contributed by atoms with Crippen molar-refractivity contribution in [2.45, 2.75) is 33.5 Å². The summed E-state index contributed by atoms with van der Waals surface area (Å²) in [6.07, 6.45) is 0. The van der Waals surface area contributed by atoms with Crippen molar-refractivity contribution >= 4 is 16.9 Å². The predicted molar refractivity (Wildman–Crippen MR) is 109 cm³/mol. The molecule has 0 aliphatic carbocycles. The quantitative estimate of drug-likeness (QED) is 0.584. The van der Waals surface area contributed by atoms with E-state index in [0.29, 0.717) is 37.7 Å². The van der Waals surface area contributed by atoms with Crippen molar-refractivity contribution < 1.29 is 19.4 Å². The van der Waals surface area contributed by atoms with E-state index in [1.165, 1.54) is 0 Å². The highest BCUT2D eigenvalue weighted by Crippen LogP contribution is 2.30. The highest BCUT2D eigenvalue weighted by molar-refractivity contribution is 5.98. The molecule has 2 aromatic carbocycles. The van der Waals surface area contributed by atoms with Crippen molar-refractivity contribution in [3.8, 4) is 11.5 Å². The van der Waals surface area contributed by atoms with E-state index in [-0.39, 0.29) is 0 Å². The third kappa shape index (κ3) is 3.97. The summed E-state index contributed by atoms with van der Waals surface area (Å²) in [5, 5.41) is 14.1. The van der Waals surface area contributed by atoms with Gasteiger partial charge in [-0.3, -0.25) is 0 Å².